The minimum atomic E-state index is -0.0699. The molecule has 7 nitrogen and oxygen atoms in total. The first kappa shape index (κ1) is 24.9. The molecule has 2 aromatic rings. The van der Waals surface area contributed by atoms with Gasteiger partial charge in [0.1, 0.15) is 0 Å². The number of rotatable bonds is 8. The molecule has 8 heteroatoms. The Bertz CT molecular complexity index is 1080. The second kappa shape index (κ2) is 11.1. The molecule has 1 aliphatic carbocycles. The third-order valence-corrected chi connectivity index (χ3v) is 7.89. The molecule has 2 heterocycles. The Hall–Kier alpha value is -2.16. The summed E-state index contributed by atoms with van der Waals surface area (Å²) in [5, 5.41) is 15.9. The molecule has 2 fully saturated rings. The molecule has 1 aliphatic heterocycles. The molecular formula is C26H35BrN4O3. The van der Waals surface area contributed by atoms with Crippen molar-refractivity contribution in [3.05, 3.63) is 67.5 Å². The van der Waals surface area contributed by atoms with E-state index in [4.69, 9.17) is 0 Å². The lowest BCUT2D eigenvalue weighted by molar-refractivity contribution is 0.183. The Labute approximate surface area is 209 Å². The number of aromatic nitrogens is 1. The predicted molar refractivity (Wildman–Crippen MR) is 137 cm³/mol. The lowest BCUT2D eigenvalue weighted by atomic mass is 9.86. The van der Waals surface area contributed by atoms with E-state index >= 15 is 0 Å². The van der Waals surface area contributed by atoms with Gasteiger partial charge in [-0.05, 0) is 80.0 Å². The first-order valence-corrected chi connectivity index (χ1v) is 13.0. The molecule has 0 unspecified atom stereocenters. The number of carbonyl (C=O) groups excluding carboxylic acids is 1. The molecule has 0 radical (unpaired) electrons. The summed E-state index contributed by atoms with van der Waals surface area (Å²) in [5.74, 6) is 0.110. The van der Waals surface area contributed by atoms with Crippen molar-refractivity contribution in [2.45, 2.75) is 63.6 Å². The SMILES string of the molecule is Cc1c(Br)cc(CN(C(=O)N[C@@H]2CNCC[C@H]2c2ccn(C)c(=O)c2)C2CC2)cc1CCCO. The van der Waals surface area contributed by atoms with Crippen molar-refractivity contribution in [3.63, 3.8) is 0 Å². The number of halogens is 1. The molecule has 1 saturated carbocycles. The van der Waals surface area contributed by atoms with E-state index in [1.807, 2.05) is 11.0 Å². The quantitative estimate of drug-likeness (QED) is 0.489. The Morgan fingerprint density at radius 3 is 2.79 bits per heavy atom. The number of nitrogens with one attached hydrogen (secondary N) is 2. The second-order valence-corrected chi connectivity index (χ2v) is 10.5. The number of aliphatic hydroxyl groups excluding tert-OH is 1. The van der Waals surface area contributed by atoms with Crippen molar-refractivity contribution in [2.75, 3.05) is 19.7 Å². The fourth-order valence-electron chi connectivity index (χ4n) is 4.81. The molecule has 0 spiro atoms. The average Bonchev–Trinajstić information content (AvgIpc) is 3.66. The van der Waals surface area contributed by atoms with Crippen molar-refractivity contribution in [3.8, 4) is 0 Å². The van der Waals surface area contributed by atoms with E-state index in [-0.39, 0.29) is 36.2 Å². The predicted octanol–water partition coefficient (Wildman–Crippen LogP) is 3.20. The lowest BCUT2D eigenvalue weighted by Gasteiger charge is -2.35. The molecule has 2 aliphatic rings. The van der Waals surface area contributed by atoms with E-state index in [0.29, 0.717) is 13.1 Å². The average molecular weight is 531 g/mol. The molecule has 2 amide bonds. The van der Waals surface area contributed by atoms with Gasteiger partial charge in [-0.2, -0.15) is 0 Å². The van der Waals surface area contributed by atoms with Crippen LogP contribution >= 0.6 is 15.9 Å². The Balaban J connectivity index is 1.50. The summed E-state index contributed by atoms with van der Waals surface area (Å²) in [5.41, 5.74) is 4.45. The van der Waals surface area contributed by atoms with E-state index in [1.54, 1.807) is 23.9 Å². The van der Waals surface area contributed by atoms with Crippen molar-refractivity contribution in [1.82, 2.24) is 20.1 Å². The van der Waals surface area contributed by atoms with E-state index in [1.165, 1.54) is 11.1 Å². The van der Waals surface area contributed by atoms with Crippen molar-refractivity contribution < 1.29 is 9.90 Å². The van der Waals surface area contributed by atoms with Crippen LogP contribution in [0.3, 0.4) is 0 Å². The standard InChI is InChI=1S/C26H35BrN4O3/c1-17-19(4-3-11-32)12-18(13-23(17)27)16-31(21-5-6-21)26(34)29-24-15-28-9-7-22(24)20-8-10-30(2)25(33)14-20/h8,10,12-14,21-22,24,28,32H,3-7,9,11,15-16H2,1-2H3,(H,29,34)/t22-,24+/m0/s1. The van der Waals surface area contributed by atoms with Gasteiger partial charge in [0, 0.05) is 61.5 Å². The number of aliphatic hydroxyl groups is 1. The maximum atomic E-state index is 13.5. The zero-order chi connectivity index (χ0) is 24.2. The van der Waals surface area contributed by atoms with Gasteiger partial charge in [-0.1, -0.05) is 22.0 Å². The first-order chi connectivity index (χ1) is 16.4. The molecule has 4 rings (SSSR count). The van der Waals surface area contributed by atoms with Crippen LogP contribution in [0.2, 0.25) is 0 Å². The number of carbonyl (C=O) groups is 1. The van der Waals surface area contributed by atoms with Crippen molar-refractivity contribution in [2.24, 2.45) is 7.05 Å². The highest BCUT2D eigenvalue weighted by molar-refractivity contribution is 9.10. The lowest BCUT2D eigenvalue weighted by Crippen LogP contribution is -2.53. The minimum Gasteiger partial charge on any atom is -0.396 e. The third kappa shape index (κ3) is 5.90. The van der Waals surface area contributed by atoms with Crippen LogP contribution < -0.4 is 16.2 Å². The summed E-state index contributed by atoms with van der Waals surface area (Å²) in [6.07, 6.45) is 6.27. The topological polar surface area (TPSA) is 86.6 Å². The minimum absolute atomic E-state index is 0.0253. The first-order valence-electron chi connectivity index (χ1n) is 12.2. The third-order valence-electron chi connectivity index (χ3n) is 7.06. The van der Waals surface area contributed by atoms with Crippen molar-refractivity contribution in [1.29, 1.82) is 0 Å². The molecule has 1 aromatic heterocycles. The number of aryl methyl sites for hydroxylation is 2. The summed E-state index contributed by atoms with van der Waals surface area (Å²) in [6, 6.07) is 8.12. The molecule has 1 saturated heterocycles. The van der Waals surface area contributed by atoms with Gasteiger partial charge in [-0.15, -0.1) is 0 Å². The number of nitrogens with zero attached hydrogens (tertiary/aromatic N) is 2. The number of urea groups is 1. The second-order valence-electron chi connectivity index (χ2n) is 9.61. The number of hydrogen-bond donors (Lipinski definition) is 3. The number of hydrogen-bond acceptors (Lipinski definition) is 4. The van der Waals surface area contributed by atoms with Crippen LogP contribution in [0.25, 0.3) is 0 Å². The number of amides is 2. The maximum absolute atomic E-state index is 13.5. The normalized spacial score (nSPS) is 20.2. The van der Waals surface area contributed by atoms with E-state index in [9.17, 15) is 14.7 Å². The zero-order valence-corrected chi connectivity index (χ0v) is 21.6. The van der Waals surface area contributed by atoms with Crippen molar-refractivity contribution >= 4 is 22.0 Å². The molecule has 184 valence electrons. The summed E-state index contributed by atoms with van der Waals surface area (Å²) in [6.45, 7) is 4.36. The van der Waals surface area contributed by atoms with E-state index < -0.39 is 0 Å². The van der Waals surface area contributed by atoms with Gasteiger partial charge in [0.05, 0.1) is 0 Å². The maximum Gasteiger partial charge on any atom is 0.318 e. The monoisotopic (exact) mass is 530 g/mol. The number of benzene rings is 1. The van der Waals surface area contributed by atoms with Crippen LogP contribution in [0, 0.1) is 6.92 Å². The Morgan fingerprint density at radius 2 is 2.09 bits per heavy atom. The highest BCUT2D eigenvalue weighted by Gasteiger charge is 2.35. The molecule has 1 aromatic carbocycles. The Kier molecular flexibility index (Phi) is 8.11. The highest BCUT2D eigenvalue weighted by Crippen LogP contribution is 2.31. The smallest absolute Gasteiger partial charge is 0.318 e. The van der Waals surface area contributed by atoms with Gasteiger partial charge in [0.25, 0.3) is 5.56 Å². The summed E-state index contributed by atoms with van der Waals surface area (Å²) in [4.78, 5) is 27.6. The fraction of sp³-hybridized carbons (Fsp3) is 0.538. The van der Waals surface area contributed by atoms with Crippen LogP contribution in [0.5, 0.6) is 0 Å². The van der Waals surface area contributed by atoms with E-state index in [0.717, 1.165) is 54.2 Å². The molecule has 3 N–H and O–H groups in total. The Morgan fingerprint density at radius 1 is 1.29 bits per heavy atom. The van der Waals surface area contributed by atoms with Gasteiger partial charge in [-0.25, -0.2) is 4.79 Å². The summed E-state index contributed by atoms with van der Waals surface area (Å²) >= 11 is 3.68. The van der Waals surface area contributed by atoms with Gasteiger partial charge < -0.3 is 25.2 Å². The van der Waals surface area contributed by atoms with Gasteiger partial charge in [0.15, 0.2) is 0 Å². The largest absolute Gasteiger partial charge is 0.396 e. The molecule has 0 bridgehead atoms. The molecule has 34 heavy (non-hydrogen) atoms. The van der Waals surface area contributed by atoms with Crippen LogP contribution in [-0.2, 0) is 20.0 Å². The van der Waals surface area contributed by atoms with Crippen LogP contribution in [-0.4, -0.2) is 52.4 Å². The van der Waals surface area contributed by atoms with E-state index in [2.05, 4.69) is 45.6 Å². The van der Waals surface area contributed by atoms with Gasteiger partial charge in [0.2, 0.25) is 0 Å². The van der Waals surface area contributed by atoms with Gasteiger partial charge in [-0.3, -0.25) is 4.79 Å². The molecular weight excluding hydrogens is 496 g/mol. The summed E-state index contributed by atoms with van der Waals surface area (Å²) in [7, 11) is 1.75. The summed E-state index contributed by atoms with van der Waals surface area (Å²) < 4.78 is 2.61. The van der Waals surface area contributed by atoms with Crippen LogP contribution in [0.1, 0.15) is 53.9 Å². The van der Waals surface area contributed by atoms with Crippen LogP contribution in [0.15, 0.2) is 39.7 Å². The number of piperidine rings is 1. The van der Waals surface area contributed by atoms with Crippen LogP contribution in [0.4, 0.5) is 4.79 Å². The highest BCUT2D eigenvalue weighted by atomic mass is 79.9. The number of pyridine rings is 1. The molecule has 2 atom stereocenters. The fourth-order valence-corrected chi connectivity index (χ4v) is 5.36. The van der Waals surface area contributed by atoms with Gasteiger partial charge >= 0.3 is 6.03 Å². The zero-order valence-electron chi connectivity index (χ0n) is 20.0.